The van der Waals surface area contributed by atoms with Crippen LogP contribution in [0.5, 0.6) is 5.75 Å². The van der Waals surface area contributed by atoms with Crippen LogP contribution in [-0.4, -0.2) is 71.9 Å². The number of aromatic amines is 1. The van der Waals surface area contributed by atoms with E-state index in [0.717, 1.165) is 67.4 Å². The summed E-state index contributed by atoms with van der Waals surface area (Å²) < 4.78 is 11.2. The lowest BCUT2D eigenvalue weighted by Crippen LogP contribution is -2.38. The molecule has 178 valence electrons. The molecular weight excluding hydrogens is 428 g/mol. The van der Waals surface area contributed by atoms with Crippen LogP contribution in [-0.2, 0) is 4.74 Å². The molecular formula is C27H32N4O3. The first-order valence-electron chi connectivity index (χ1n) is 12.1. The van der Waals surface area contributed by atoms with E-state index < -0.39 is 0 Å². The van der Waals surface area contributed by atoms with E-state index in [1.54, 1.807) is 0 Å². The molecule has 1 aromatic heterocycles. The van der Waals surface area contributed by atoms with Crippen LogP contribution >= 0.6 is 0 Å². The second-order valence-electron chi connectivity index (χ2n) is 8.94. The van der Waals surface area contributed by atoms with Gasteiger partial charge in [0.05, 0.1) is 31.6 Å². The van der Waals surface area contributed by atoms with Crippen LogP contribution in [0.3, 0.4) is 0 Å². The Bertz CT molecular complexity index is 1140. The van der Waals surface area contributed by atoms with Crippen molar-refractivity contribution in [2.45, 2.75) is 26.3 Å². The van der Waals surface area contributed by atoms with Gasteiger partial charge in [-0.1, -0.05) is 42.0 Å². The van der Waals surface area contributed by atoms with Crippen LogP contribution in [0.4, 0.5) is 0 Å². The van der Waals surface area contributed by atoms with Crippen LogP contribution < -0.4 is 4.74 Å². The number of benzene rings is 2. The zero-order chi connectivity index (χ0) is 23.5. The van der Waals surface area contributed by atoms with Gasteiger partial charge in [-0.25, -0.2) is 0 Å². The van der Waals surface area contributed by atoms with E-state index >= 15 is 0 Å². The van der Waals surface area contributed by atoms with Gasteiger partial charge < -0.3 is 14.4 Å². The maximum atomic E-state index is 13.6. The average Bonchev–Trinajstić information content (AvgIpc) is 3.40. The van der Waals surface area contributed by atoms with Gasteiger partial charge in [-0.15, -0.1) is 0 Å². The molecule has 7 nitrogen and oxygen atoms in total. The van der Waals surface area contributed by atoms with E-state index in [0.29, 0.717) is 18.8 Å². The molecule has 1 N–H and O–H groups in total. The number of rotatable bonds is 8. The first kappa shape index (κ1) is 22.6. The summed E-state index contributed by atoms with van der Waals surface area (Å²) in [4.78, 5) is 18.0. The summed E-state index contributed by atoms with van der Waals surface area (Å²) in [7, 11) is 0. The Kier molecular flexibility index (Phi) is 6.65. The molecule has 0 bridgehead atoms. The Labute approximate surface area is 200 Å². The Morgan fingerprint density at radius 1 is 1.12 bits per heavy atom. The van der Waals surface area contributed by atoms with Crippen LogP contribution in [0.1, 0.15) is 46.6 Å². The maximum Gasteiger partial charge on any atom is 0.273 e. The average molecular weight is 461 g/mol. The topological polar surface area (TPSA) is 70.7 Å². The summed E-state index contributed by atoms with van der Waals surface area (Å²) in [6.07, 6.45) is 0.908. The minimum absolute atomic E-state index is 0.00894. The molecule has 34 heavy (non-hydrogen) atoms. The van der Waals surface area contributed by atoms with E-state index in [1.165, 1.54) is 5.56 Å². The third-order valence-electron chi connectivity index (χ3n) is 6.65. The number of morpholine rings is 1. The maximum absolute atomic E-state index is 13.6. The summed E-state index contributed by atoms with van der Waals surface area (Å²) >= 11 is 0. The van der Waals surface area contributed by atoms with Gasteiger partial charge in [-0.3, -0.25) is 14.8 Å². The van der Waals surface area contributed by atoms with Crippen molar-refractivity contribution in [3.63, 3.8) is 0 Å². The minimum atomic E-state index is -0.206. The minimum Gasteiger partial charge on any atom is -0.494 e. The van der Waals surface area contributed by atoms with E-state index in [-0.39, 0.29) is 11.9 Å². The predicted molar refractivity (Wildman–Crippen MR) is 131 cm³/mol. The number of carbonyl (C=O) groups excluding carboxylic acids is 1. The lowest BCUT2D eigenvalue weighted by atomic mass is 9.95. The third-order valence-corrected chi connectivity index (χ3v) is 6.65. The second-order valence-corrected chi connectivity index (χ2v) is 8.94. The zero-order valence-electron chi connectivity index (χ0n) is 19.9. The van der Waals surface area contributed by atoms with Crippen molar-refractivity contribution in [3.8, 4) is 17.0 Å². The molecule has 2 aliphatic heterocycles. The highest BCUT2D eigenvalue weighted by Crippen LogP contribution is 2.43. The van der Waals surface area contributed by atoms with Crippen molar-refractivity contribution in [2.24, 2.45) is 0 Å². The largest absolute Gasteiger partial charge is 0.494 e. The fourth-order valence-electron chi connectivity index (χ4n) is 4.94. The summed E-state index contributed by atoms with van der Waals surface area (Å²) in [6.45, 7) is 9.75. The number of nitrogens with zero attached hydrogens (tertiary/aromatic N) is 3. The second kappa shape index (κ2) is 9.99. The number of amides is 1. The number of aryl methyl sites for hydroxylation is 1. The Hall–Kier alpha value is -3.16. The number of ether oxygens (including phenoxy) is 2. The van der Waals surface area contributed by atoms with Gasteiger partial charge in [-0.2, -0.15) is 5.10 Å². The summed E-state index contributed by atoms with van der Waals surface area (Å²) in [5.74, 6) is 0.823. The molecule has 1 atom stereocenters. The molecule has 1 unspecified atom stereocenters. The lowest BCUT2D eigenvalue weighted by molar-refractivity contribution is 0.0354. The van der Waals surface area contributed by atoms with Crippen molar-refractivity contribution in [2.75, 3.05) is 46.0 Å². The molecule has 0 saturated carbocycles. The van der Waals surface area contributed by atoms with Gasteiger partial charge in [0.25, 0.3) is 5.91 Å². The number of aromatic nitrogens is 2. The fraction of sp³-hybridized carbons (Fsp3) is 0.407. The molecule has 7 heteroatoms. The van der Waals surface area contributed by atoms with Gasteiger partial charge in [-0.05, 0) is 38.0 Å². The lowest BCUT2D eigenvalue weighted by Gasteiger charge is -2.30. The Balaban J connectivity index is 1.48. The normalized spacial score (nSPS) is 18.4. The molecule has 0 spiro atoms. The number of nitrogens with one attached hydrogen (secondary N) is 1. The van der Waals surface area contributed by atoms with E-state index in [1.807, 2.05) is 24.0 Å². The quantitative estimate of drug-likeness (QED) is 0.549. The molecule has 3 heterocycles. The SMILES string of the molecule is CCOc1cccc(C2c3c(-c4ccc(C)cc4)n[nH]c3C(=O)N2CCCN2CCOCC2)c1. The molecule has 2 aromatic carbocycles. The molecule has 0 aliphatic carbocycles. The Morgan fingerprint density at radius 2 is 1.91 bits per heavy atom. The molecule has 0 radical (unpaired) electrons. The smallest absolute Gasteiger partial charge is 0.273 e. The molecule has 3 aromatic rings. The molecule has 2 aliphatic rings. The van der Waals surface area contributed by atoms with Crippen LogP contribution in [0, 0.1) is 6.92 Å². The highest BCUT2D eigenvalue weighted by atomic mass is 16.5. The molecule has 1 fully saturated rings. The van der Waals surface area contributed by atoms with Crippen molar-refractivity contribution in [1.82, 2.24) is 20.0 Å². The number of H-pyrrole nitrogens is 1. The van der Waals surface area contributed by atoms with Gasteiger partial charge >= 0.3 is 0 Å². The van der Waals surface area contributed by atoms with Gasteiger partial charge in [0.2, 0.25) is 0 Å². The molecule has 1 saturated heterocycles. The van der Waals surface area contributed by atoms with Crippen molar-refractivity contribution in [3.05, 3.63) is 70.9 Å². The predicted octanol–water partition coefficient (Wildman–Crippen LogP) is 4.05. The van der Waals surface area contributed by atoms with Crippen LogP contribution in [0.25, 0.3) is 11.3 Å². The van der Waals surface area contributed by atoms with E-state index in [4.69, 9.17) is 9.47 Å². The van der Waals surface area contributed by atoms with Crippen LogP contribution in [0.2, 0.25) is 0 Å². The first-order chi connectivity index (χ1) is 16.7. The van der Waals surface area contributed by atoms with Crippen LogP contribution in [0.15, 0.2) is 48.5 Å². The standard InChI is InChI=1S/C27H32N4O3/c1-3-34-22-7-4-6-21(18-22)26-23-24(20-10-8-19(2)9-11-20)28-29-25(23)27(32)31(26)13-5-12-30-14-16-33-17-15-30/h4,6-11,18,26H,3,5,12-17H2,1-2H3,(H,28,29). The third kappa shape index (κ3) is 4.45. The molecule has 5 rings (SSSR count). The van der Waals surface area contributed by atoms with E-state index in [2.05, 4.69) is 58.4 Å². The van der Waals surface area contributed by atoms with E-state index in [9.17, 15) is 4.79 Å². The summed E-state index contributed by atoms with van der Waals surface area (Å²) in [6, 6.07) is 16.2. The summed E-state index contributed by atoms with van der Waals surface area (Å²) in [5, 5.41) is 7.64. The highest BCUT2D eigenvalue weighted by molar-refractivity contribution is 6.00. The zero-order valence-corrected chi connectivity index (χ0v) is 19.9. The highest BCUT2D eigenvalue weighted by Gasteiger charge is 2.42. The van der Waals surface area contributed by atoms with Crippen molar-refractivity contribution >= 4 is 5.91 Å². The number of carbonyl (C=O) groups is 1. The van der Waals surface area contributed by atoms with Gasteiger partial charge in [0.15, 0.2) is 0 Å². The molecule has 1 amide bonds. The summed E-state index contributed by atoms with van der Waals surface area (Å²) in [5.41, 5.74) is 5.63. The monoisotopic (exact) mass is 460 g/mol. The Morgan fingerprint density at radius 3 is 2.68 bits per heavy atom. The first-order valence-corrected chi connectivity index (χ1v) is 12.1. The number of hydrogen-bond donors (Lipinski definition) is 1. The van der Waals surface area contributed by atoms with Gasteiger partial charge in [0, 0.05) is 37.3 Å². The van der Waals surface area contributed by atoms with Gasteiger partial charge in [0.1, 0.15) is 11.4 Å². The number of fused-ring (bicyclic) bond motifs is 1. The fourth-order valence-corrected chi connectivity index (χ4v) is 4.94. The number of hydrogen-bond acceptors (Lipinski definition) is 5. The van der Waals surface area contributed by atoms with Crippen molar-refractivity contribution < 1.29 is 14.3 Å². The van der Waals surface area contributed by atoms with Crippen molar-refractivity contribution in [1.29, 1.82) is 0 Å².